The summed E-state index contributed by atoms with van der Waals surface area (Å²) >= 11 is 0. The predicted octanol–water partition coefficient (Wildman–Crippen LogP) is 2.07. The lowest BCUT2D eigenvalue weighted by molar-refractivity contribution is 0.0909. The Morgan fingerprint density at radius 3 is 2.70 bits per heavy atom. The summed E-state index contributed by atoms with van der Waals surface area (Å²) in [5.41, 5.74) is -0.354. The number of rotatable bonds is 8. The Labute approximate surface area is 125 Å². The molecule has 0 amide bonds. The van der Waals surface area contributed by atoms with Crippen molar-refractivity contribution in [1.82, 2.24) is 15.1 Å². The SMILES string of the molecule is CCCNC(C)(C#N)CCCN1CCN(C)C(CC)C1. The molecular weight excluding hydrogens is 248 g/mol. The van der Waals surface area contributed by atoms with Crippen molar-refractivity contribution < 1.29 is 0 Å². The number of nitriles is 1. The van der Waals surface area contributed by atoms with Crippen LogP contribution in [0.5, 0.6) is 0 Å². The quantitative estimate of drug-likeness (QED) is 0.739. The second-order valence-corrected chi connectivity index (χ2v) is 6.32. The highest BCUT2D eigenvalue weighted by molar-refractivity contribution is 5.03. The average Bonchev–Trinajstić information content (AvgIpc) is 2.47. The molecule has 2 unspecified atom stereocenters. The minimum atomic E-state index is -0.354. The molecule has 1 rings (SSSR count). The first-order valence-corrected chi connectivity index (χ1v) is 8.13. The molecule has 1 saturated heterocycles. The average molecular weight is 280 g/mol. The molecule has 0 radical (unpaired) electrons. The molecule has 1 fully saturated rings. The van der Waals surface area contributed by atoms with Crippen molar-refractivity contribution in [3.63, 3.8) is 0 Å². The number of likely N-dealkylation sites (N-methyl/N-ethyl adjacent to an activating group) is 1. The van der Waals surface area contributed by atoms with Gasteiger partial charge in [0, 0.05) is 25.7 Å². The highest BCUT2D eigenvalue weighted by Gasteiger charge is 2.25. The van der Waals surface area contributed by atoms with Gasteiger partial charge in [-0.1, -0.05) is 13.8 Å². The monoisotopic (exact) mass is 280 g/mol. The Morgan fingerprint density at radius 1 is 1.35 bits per heavy atom. The summed E-state index contributed by atoms with van der Waals surface area (Å²) in [7, 11) is 2.23. The van der Waals surface area contributed by atoms with Crippen molar-refractivity contribution in [2.45, 2.75) is 58.0 Å². The predicted molar refractivity (Wildman–Crippen MR) is 84.7 cm³/mol. The molecule has 4 nitrogen and oxygen atoms in total. The third-order valence-electron chi connectivity index (χ3n) is 4.50. The summed E-state index contributed by atoms with van der Waals surface area (Å²) in [5, 5.41) is 12.7. The summed E-state index contributed by atoms with van der Waals surface area (Å²) < 4.78 is 0. The van der Waals surface area contributed by atoms with E-state index in [1.165, 1.54) is 26.1 Å². The van der Waals surface area contributed by atoms with Crippen molar-refractivity contribution in [2.24, 2.45) is 0 Å². The fourth-order valence-electron chi connectivity index (χ4n) is 2.90. The maximum atomic E-state index is 9.33. The molecule has 0 aromatic heterocycles. The molecule has 1 heterocycles. The smallest absolute Gasteiger partial charge is 0.103 e. The first-order chi connectivity index (χ1) is 9.54. The first kappa shape index (κ1) is 17.4. The lowest BCUT2D eigenvalue weighted by atomic mass is 9.97. The minimum Gasteiger partial charge on any atom is -0.301 e. The fourth-order valence-corrected chi connectivity index (χ4v) is 2.90. The molecule has 0 aliphatic carbocycles. The Hall–Kier alpha value is -0.630. The van der Waals surface area contributed by atoms with Gasteiger partial charge in [0.15, 0.2) is 0 Å². The number of hydrogen-bond donors (Lipinski definition) is 1. The van der Waals surface area contributed by atoms with Crippen molar-refractivity contribution >= 4 is 0 Å². The van der Waals surface area contributed by atoms with Gasteiger partial charge in [0.05, 0.1) is 6.07 Å². The third-order valence-corrected chi connectivity index (χ3v) is 4.50. The standard InChI is InChI=1S/C16H32N4/c1-5-9-18-16(3,14-17)8-7-10-20-12-11-19(4)15(6-2)13-20/h15,18H,5-13H2,1-4H3. The van der Waals surface area contributed by atoms with Crippen molar-refractivity contribution in [2.75, 3.05) is 39.8 Å². The maximum Gasteiger partial charge on any atom is 0.103 e. The van der Waals surface area contributed by atoms with Gasteiger partial charge in [-0.25, -0.2) is 0 Å². The second-order valence-electron chi connectivity index (χ2n) is 6.32. The molecule has 4 heteroatoms. The lowest BCUT2D eigenvalue weighted by Gasteiger charge is -2.39. The van der Waals surface area contributed by atoms with E-state index in [0.29, 0.717) is 6.04 Å². The Kier molecular flexibility index (Phi) is 7.50. The van der Waals surface area contributed by atoms with Crippen molar-refractivity contribution in [1.29, 1.82) is 5.26 Å². The van der Waals surface area contributed by atoms with Gasteiger partial charge in [-0.05, 0) is 52.7 Å². The first-order valence-electron chi connectivity index (χ1n) is 8.13. The van der Waals surface area contributed by atoms with E-state index in [1.54, 1.807) is 0 Å². The second kappa shape index (κ2) is 8.61. The van der Waals surface area contributed by atoms with Gasteiger partial charge in [-0.2, -0.15) is 5.26 Å². The van der Waals surface area contributed by atoms with Gasteiger partial charge in [-0.3, -0.25) is 5.32 Å². The number of hydrogen-bond acceptors (Lipinski definition) is 4. The van der Waals surface area contributed by atoms with E-state index in [1.807, 2.05) is 6.92 Å². The molecular formula is C16H32N4. The molecule has 1 aliphatic heterocycles. The van der Waals surface area contributed by atoms with Crippen LogP contribution in [0, 0.1) is 11.3 Å². The van der Waals surface area contributed by atoms with E-state index in [0.717, 1.165) is 32.4 Å². The van der Waals surface area contributed by atoms with Crippen LogP contribution in [0.2, 0.25) is 0 Å². The van der Waals surface area contributed by atoms with Crippen LogP contribution < -0.4 is 5.32 Å². The van der Waals surface area contributed by atoms with E-state index in [2.05, 4.69) is 42.1 Å². The molecule has 0 bridgehead atoms. The largest absolute Gasteiger partial charge is 0.301 e. The number of piperazine rings is 1. The summed E-state index contributed by atoms with van der Waals surface area (Å²) in [5.74, 6) is 0. The molecule has 0 saturated carbocycles. The van der Waals surface area contributed by atoms with E-state index < -0.39 is 0 Å². The highest BCUT2D eigenvalue weighted by atomic mass is 15.3. The molecule has 1 N–H and O–H groups in total. The topological polar surface area (TPSA) is 42.3 Å². The summed E-state index contributed by atoms with van der Waals surface area (Å²) in [6.45, 7) is 12.0. The van der Waals surface area contributed by atoms with Gasteiger partial charge < -0.3 is 9.80 Å². The summed E-state index contributed by atoms with van der Waals surface area (Å²) in [4.78, 5) is 5.03. The molecule has 0 aromatic carbocycles. The van der Waals surface area contributed by atoms with Crippen LogP contribution in [-0.2, 0) is 0 Å². The number of nitrogens with zero attached hydrogens (tertiary/aromatic N) is 3. The zero-order valence-corrected chi connectivity index (χ0v) is 13.8. The van der Waals surface area contributed by atoms with Crippen LogP contribution in [0.25, 0.3) is 0 Å². The molecule has 2 atom stereocenters. The maximum absolute atomic E-state index is 9.33. The normalized spacial score (nSPS) is 24.2. The molecule has 20 heavy (non-hydrogen) atoms. The summed E-state index contributed by atoms with van der Waals surface area (Å²) in [6.07, 6.45) is 4.34. The van der Waals surface area contributed by atoms with Crippen LogP contribution in [0.1, 0.15) is 46.5 Å². The van der Waals surface area contributed by atoms with Gasteiger partial charge in [0.25, 0.3) is 0 Å². The molecule has 0 spiro atoms. The third kappa shape index (κ3) is 5.40. The Balaban J connectivity index is 2.31. The van der Waals surface area contributed by atoms with Crippen molar-refractivity contribution in [3.8, 4) is 6.07 Å². The zero-order chi connectivity index (χ0) is 15.0. The van der Waals surface area contributed by atoms with Crippen LogP contribution in [0.15, 0.2) is 0 Å². The van der Waals surface area contributed by atoms with E-state index in [-0.39, 0.29) is 5.54 Å². The Morgan fingerprint density at radius 2 is 2.10 bits per heavy atom. The molecule has 1 aliphatic rings. The summed E-state index contributed by atoms with van der Waals surface area (Å²) in [6, 6.07) is 3.14. The minimum absolute atomic E-state index is 0.354. The number of nitrogens with one attached hydrogen (secondary N) is 1. The Bertz CT molecular complexity index is 312. The van der Waals surface area contributed by atoms with E-state index in [9.17, 15) is 5.26 Å². The van der Waals surface area contributed by atoms with E-state index in [4.69, 9.17) is 0 Å². The van der Waals surface area contributed by atoms with Gasteiger partial charge in [-0.15, -0.1) is 0 Å². The molecule has 116 valence electrons. The zero-order valence-electron chi connectivity index (χ0n) is 13.8. The van der Waals surface area contributed by atoms with Crippen LogP contribution >= 0.6 is 0 Å². The van der Waals surface area contributed by atoms with Gasteiger partial charge >= 0.3 is 0 Å². The van der Waals surface area contributed by atoms with Crippen LogP contribution in [-0.4, -0.2) is 61.2 Å². The highest BCUT2D eigenvalue weighted by Crippen LogP contribution is 2.15. The van der Waals surface area contributed by atoms with Gasteiger partial charge in [0.2, 0.25) is 0 Å². The van der Waals surface area contributed by atoms with Crippen LogP contribution in [0.3, 0.4) is 0 Å². The van der Waals surface area contributed by atoms with Gasteiger partial charge in [0.1, 0.15) is 5.54 Å². The van der Waals surface area contributed by atoms with E-state index >= 15 is 0 Å². The molecule has 0 aromatic rings. The lowest BCUT2D eigenvalue weighted by Crippen LogP contribution is -2.51. The van der Waals surface area contributed by atoms with Crippen molar-refractivity contribution in [3.05, 3.63) is 0 Å². The van der Waals surface area contributed by atoms with Crippen LogP contribution in [0.4, 0.5) is 0 Å². The fraction of sp³-hybridized carbons (Fsp3) is 0.938.